The average Bonchev–Trinajstić information content (AvgIpc) is 3.55. The maximum atomic E-state index is 12.8. The van der Waals surface area contributed by atoms with E-state index in [2.05, 4.69) is 65.8 Å². The van der Waals surface area contributed by atoms with E-state index in [0.29, 0.717) is 5.82 Å². The number of rotatable bonds is 6. The Morgan fingerprint density at radius 1 is 0.950 bits per heavy atom. The number of amides is 2. The van der Waals surface area contributed by atoms with Gasteiger partial charge in [0, 0.05) is 81.9 Å². The molecule has 0 aliphatic carbocycles. The molecule has 11 heteroatoms. The molecule has 1 fully saturated rings. The second-order valence-corrected chi connectivity index (χ2v) is 10.2. The zero-order valence-corrected chi connectivity index (χ0v) is 22.9. The number of piperazine rings is 1. The van der Waals surface area contributed by atoms with Crippen molar-refractivity contribution in [3.05, 3.63) is 78.4 Å². The molecule has 0 saturated carbocycles. The highest BCUT2D eigenvalue weighted by atomic mass is 16.2. The Kier molecular flexibility index (Phi) is 6.87. The number of pyridine rings is 1. The molecule has 40 heavy (non-hydrogen) atoms. The lowest BCUT2D eigenvalue weighted by atomic mass is 10.1. The third-order valence-electron chi connectivity index (χ3n) is 7.39. The summed E-state index contributed by atoms with van der Waals surface area (Å²) in [5, 5.41) is 20.7. The van der Waals surface area contributed by atoms with Crippen molar-refractivity contribution >= 4 is 34.3 Å². The average molecular weight is 537 g/mol. The smallest absolute Gasteiger partial charge is 0.324 e. The van der Waals surface area contributed by atoms with Gasteiger partial charge in [0.05, 0.1) is 5.69 Å². The summed E-state index contributed by atoms with van der Waals surface area (Å²) in [5.74, 6) is 1.40. The standard InChI is InChI=1S/C29H32N10O/c1-20-14-25(7-6-23(20)18-38-10-12-39(13-11-38)29-34-31-19-36(29)2)32-28(40)33-27-16-26(37(3)35-27)22-5-4-21-8-9-30-17-24(21)15-22/h4-9,14-17,19H,10-13,18H2,1-3H3,(H2,32,33,35,40). The number of aryl methyl sites for hydroxylation is 3. The molecule has 0 unspecified atom stereocenters. The predicted molar refractivity (Wildman–Crippen MR) is 156 cm³/mol. The van der Waals surface area contributed by atoms with E-state index in [-0.39, 0.29) is 6.03 Å². The molecule has 0 bridgehead atoms. The summed E-state index contributed by atoms with van der Waals surface area (Å²) >= 11 is 0. The second kappa shape index (κ2) is 10.8. The van der Waals surface area contributed by atoms with Gasteiger partial charge in [0.1, 0.15) is 6.33 Å². The topological polar surface area (TPSA) is 109 Å². The van der Waals surface area contributed by atoms with E-state index < -0.39 is 0 Å². The van der Waals surface area contributed by atoms with Crippen LogP contribution in [0, 0.1) is 6.92 Å². The molecule has 0 radical (unpaired) electrons. The van der Waals surface area contributed by atoms with Gasteiger partial charge in [0.2, 0.25) is 5.95 Å². The fourth-order valence-electron chi connectivity index (χ4n) is 5.18. The Morgan fingerprint density at radius 2 is 1.80 bits per heavy atom. The normalized spacial score (nSPS) is 14.0. The minimum Gasteiger partial charge on any atom is -0.338 e. The van der Waals surface area contributed by atoms with E-state index in [9.17, 15) is 4.79 Å². The molecule has 0 spiro atoms. The summed E-state index contributed by atoms with van der Waals surface area (Å²) < 4.78 is 3.72. The monoisotopic (exact) mass is 536 g/mol. The zero-order chi connectivity index (χ0) is 27.6. The van der Waals surface area contributed by atoms with Gasteiger partial charge in [-0.2, -0.15) is 5.10 Å². The summed E-state index contributed by atoms with van der Waals surface area (Å²) in [4.78, 5) is 21.7. The Morgan fingerprint density at radius 3 is 2.58 bits per heavy atom. The lowest BCUT2D eigenvalue weighted by Crippen LogP contribution is -2.46. The van der Waals surface area contributed by atoms with Crippen molar-refractivity contribution in [3.63, 3.8) is 0 Å². The van der Waals surface area contributed by atoms with E-state index in [1.54, 1.807) is 17.2 Å². The minimum atomic E-state index is -0.334. The van der Waals surface area contributed by atoms with E-state index in [1.165, 1.54) is 5.56 Å². The van der Waals surface area contributed by atoms with Crippen LogP contribution in [0.1, 0.15) is 11.1 Å². The third kappa shape index (κ3) is 5.36. The van der Waals surface area contributed by atoms with Gasteiger partial charge >= 0.3 is 6.03 Å². The summed E-state index contributed by atoms with van der Waals surface area (Å²) in [6.07, 6.45) is 5.36. The summed E-state index contributed by atoms with van der Waals surface area (Å²) in [5.41, 5.74) is 5.03. The first-order valence-electron chi connectivity index (χ1n) is 13.3. The molecule has 2 amide bonds. The summed E-state index contributed by atoms with van der Waals surface area (Å²) in [6, 6.07) is 15.8. The molecular weight excluding hydrogens is 504 g/mol. The lowest BCUT2D eigenvalue weighted by Gasteiger charge is -2.35. The highest BCUT2D eigenvalue weighted by Gasteiger charge is 2.21. The number of benzene rings is 2. The van der Waals surface area contributed by atoms with Gasteiger partial charge in [-0.3, -0.25) is 19.9 Å². The van der Waals surface area contributed by atoms with Crippen LogP contribution in [-0.2, 0) is 20.6 Å². The maximum Gasteiger partial charge on any atom is 0.324 e. The number of carbonyl (C=O) groups is 1. The van der Waals surface area contributed by atoms with Crippen LogP contribution in [0.4, 0.5) is 22.2 Å². The first kappa shape index (κ1) is 25.5. The molecule has 11 nitrogen and oxygen atoms in total. The van der Waals surface area contributed by atoms with Gasteiger partial charge in [-0.05, 0) is 47.7 Å². The number of nitrogens with one attached hydrogen (secondary N) is 2. The molecule has 2 N–H and O–H groups in total. The van der Waals surface area contributed by atoms with Crippen LogP contribution < -0.4 is 15.5 Å². The van der Waals surface area contributed by atoms with Gasteiger partial charge in [-0.25, -0.2) is 4.79 Å². The number of urea groups is 1. The largest absolute Gasteiger partial charge is 0.338 e. The molecule has 204 valence electrons. The molecule has 3 aromatic heterocycles. The zero-order valence-electron chi connectivity index (χ0n) is 22.9. The van der Waals surface area contributed by atoms with Crippen LogP contribution in [0.2, 0.25) is 0 Å². The number of nitrogens with zero attached hydrogens (tertiary/aromatic N) is 8. The molecule has 1 saturated heterocycles. The molecule has 2 aromatic carbocycles. The SMILES string of the molecule is Cc1cc(NC(=O)Nc2cc(-c3ccc4ccncc4c3)n(C)n2)ccc1CN1CCN(c2nncn2C)CC1. The van der Waals surface area contributed by atoms with E-state index in [1.807, 2.05) is 55.2 Å². The highest BCUT2D eigenvalue weighted by molar-refractivity contribution is 5.99. The predicted octanol–water partition coefficient (Wildman–Crippen LogP) is 4.04. The molecule has 1 aliphatic heterocycles. The van der Waals surface area contributed by atoms with Crippen molar-refractivity contribution < 1.29 is 4.79 Å². The summed E-state index contributed by atoms with van der Waals surface area (Å²) in [7, 11) is 3.84. The Bertz CT molecular complexity index is 1660. The molecule has 5 aromatic rings. The van der Waals surface area contributed by atoms with Crippen LogP contribution in [0.3, 0.4) is 0 Å². The number of carbonyl (C=O) groups excluding carboxylic acids is 1. The Balaban J connectivity index is 1.05. The number of anilines is 3. The number of fused-ring (bicyclic) bond motifs is 1. The van der Waals surface area contributed by atoms with Gasteiger partial charge in [-0.15, -0.1) is 10.2 Å². The van der Waals surface area contributed by atoms with Gasteiger partial charge < -0.3 is 14.8 Å². The van der Waals surface area contributed by atoms with Crippen LogP contribution in [-0.4, -0.2) is 66.6 Å². The molecule has 0 atom stereocenters. The van der Waals surface area contributed by atoms with Crippen molar-refractivity contribution in [2.24, 2.45) is 14.1 Å². The van der Waals surface area contributed by atoms with E-state index >= 15 is 0 Å². The summed E-state index contributed by atoms with van der Waals surface area (Å²) in [6.45, 7) is 6.69. The fourth-order valence-corrected chi connectivity index (χ4v) is 5.18. The van der Waals surface area contributed by atoms with Crippen LogP contribution in [0.15, 0.2) is 67.3 Å². The Hall–Kier alpha value is -4.77. The first-order valence-corrected chi connectivity index (χ1v) is 13.3. The second-order valence-electron chi connectivity index (χ2n) is 10.2. The molecular formula is C29H32N10O. The van der Waals surface area contributed by atoms with Gasteiger partial charge in [-0.1, -0.05) is 18.2 Å². The highest BCUT2D eigenvalue weighted by Crippen LogP contribution is 2.26. The van der Waals surface area contributed by atoms with Crippen molar-refractivity contribution in [3.8, 4) is 11.3 Å². The van der Waals surface area contributed by atoms with Crippen molar-refractivity contribution in [1.29, 1.82) is 0 Å². The van der Waals surface area contributed by atoms with Crippen molar-refractivity contribution in [1.82, 2.24) is 34.4 Å². The van der Waals surface area contributed by atoms with Crippen LogP contribution in [0.5, 0.6) is 0 Å². The molecule has 6 rings (SSSR count). The minimum absolute atomic E-state index is 0.334. The maximum absolute atomic E-state index is 12.8. The van der Waals surface area contributed by atoms with Crippen LogP contribution in [0.25, 0.3) is 22.0 Å². The van der Waals surface area contributed by atoms with E-state index in [4.69, 9.17) is 0 Å². The Labute approximate surface area is 232 Å². The van der Waals surface area contributed by atoms with E-state index in [0.717, 1.165) is 72.0 Å². The number of aromatic nitrogens is 6. The fraction of sp³-hybridized carbons (Fsp3) is 0.276. The van der Waals surface area contributed by atoms with Crippen molar-refractivity contribution in [2.75, 3.05) is 41.7 Å². The number of hydrogen-bond acceptors (Lipinski definition) is 7. The number of hydrogen-bond donors (Lipinski definition) is 2. The molecule has 1 aliphatic rings. The van der Waals surface area contributed by atoms with Crippen LogP contribution >= 0.6 is 0 Å². The van der Waals surface area contributed by atoms with Crippen molar-refractivity contribution in [2.45, 2.75) is 13.5 Å². The van der Waals surface area contributed by atoms with Gasteiger partial charge in [0.15, 0.2) is 5.82 Å². The van der Waals surface area contributed by atoms with Gasteiger partial charge in [0.25, 0.3) is 0 Å². The quantitative estimate of drug-likeness (QED) is 0.337. The molecule has 4 heterocycles. The lowest BCUT2D eigenvalue weighted by molar-refractivity contribution is 0.248. The third-order valence-corrected chi connectivity index (χ3v) is 7.39. The first-order chi connectivity index (χ1) is 19.4.